The second kappa shape index (κ2) is 12.1. The average molecular weight is 501 g/mol. The van der Waals surface area contributed by atoms with Gasteiger partial charge in [0.2, 0.25) is 5.75 Å². The summed E-state index contributed by atoms with van der Waals surface area (Å²) in [7, 11) is 0. The highest BCUT2D eigenvalue weighted by Crippen LogP contribution is 2.27. The van der Waals surface area contributed by atoms with Crippen molar-refractivity contribution in [3.05, 3.63) is 89.4 Å². The highest BCUT2D eigenvalue weighted by Gasteiger charge is 2.25. The van der Waals surface area contributed by atoms with E-state index in [2.05, 4.69) is 34.0 Å². The normalized spacial score (nSPS) is 20.1. The van der Waals surface area contributed by atoms with Gasteiger partial charge in [-0.25, -0.2) is 0 Å². The fourth-order valence-electron chi connectivity index (χ4n) is 5.25. The molecular formula is C30H36N4O3. The van der Waals surface area contributed by atoms with Crippen LogP contribution in [0.5, 0.6) is 11.5 Å². The zero-order valence-electron chi connectivity index (χ0n) is 21.5. The van der Waals surface area contributed by atoms with Crippen LogP contribution in [0.4, 0.5) is 5.69 Å². The molecule has 194 valence electrons. The maximum absolute atomic E-state index is 13.5. The molecule has 2 heterocycles. The lowest BCUT2D eigenvalue weighted by atomic mass is 9.87. The zero-order valence-corrected chi connectivity index (χ0v) is 21.5. The van der Waals surface area contributed by atoms with Crippen molar-refractivity contribution in [3.63, 3.8) is 0 Å². The van der Waals surface area contributed by atoms with E-state index < -0.39 is 0 Å². The molecule has 2 aromatic carbocycles. The molecule has 2 atom stereocenters. The van der Waals surface area contributed by atoms with Crippen molar-refractivity contribution in [2.24, 2.45) is 11.8 Å². The highest BCUT2D eigenvalue weighted by molar-refractivity contribution is 5.57. The van der Waals surface area contributed by atoms with Gasteiger partial charge in [0.15, 0.2) is 0 Å². The number of anilines is 1. The lowest BCUT2D eigenvalue weighted by Crippen LogP contribution is -2.48. The molecule has 7 nitrogen and oxygen atoms in total. The molecule has 0 spiro atoms. The molecule has 1 aliphatic carbocycles. The van der Waals surface area contributed by atoms with E-state index >= 15 is 0 Å². The lowest BCUT2D eigenvalue weighted by molar-refractivity contribution is 0.201. The van der Waals surface area contributed by atoms with E-state index in [1.807, 2.05) is 60.7 Å². The molecular weight excluding hydrogens is 464 g/mol. The van der Waals surface area contributed by atoms with Gasteiger partial charge in [-0.1, -0.05) is 55.5 Å². The van der Waals surface area contributed by atoms with Crippen molar-refractivity contribution in [1.29, 1.82) is 0 Å². The largest absolute Gasteiger partial charge is 0.490 e. The van der Waals surface area contributed by atoms with Crippen molar-refractivity contribution in [1.82, 2.24) is 14.7 Å². The van der Waals surface area contributed by atoms with Crippen molar-refractivity contribution in [2.75, 3.05) is 50.8 Å². The minimum Gasteiger partial charge on any atom is -0.490 e. The van der Waals surface area contributed by atoms with Gasteiger partial charge in [0.25, 0.3) is 0 Å². The minimum absolute atomic E-state index is 0.256. The first kappa shape index (κ1) is 25.1. The first-order valence-corrected chi connectivity index (χ1v) is 13.3. The number of piperazine rings is 1. The molecule has 0 amide bonds. The fourth-order valence-corrected chi connectivity index (χ4v) is 5.25. The number of hydrogen-bond donors (Lipinski definition) is 0. The van der Waals surface area contributed by atoms with Crippen molar-refractivity contribution in [3.8, 4) is 17.2 Å². The third-order valence-corrected chi connectivity index (χ3v) is 7.13. The quantitative estimate of drug-likeness (QED) is 0.320. The number of aromatic nitrogens is 2. The van der Waals surface area contributed by atoms with Crippen LogP contribution in [0.1, 0.15) is 19.8 Å². The van der Waals surface area contributed by atoms with Gasteiger partial charge >= 0.3 is 5.56 Å². The first-order valence-electron chi connectivity index (χ1n) is 13.3. The Hall–Kier alpha value is -3.58. The third kappa shape index (κ3) is 6.41. The zero-order chi connectivity index (χ0) is 25.5. The van der Waals surface area contributed by atoms with Gasteiger partial charge in [0.05, 0.1) is 11.9 Å². The van der Waals surface area contributed by atoms with Crippen LogP contribution in [0.25, 0.3) is 5.69 Å². The monoisotopic (exact) mass is 500 g/mol. The van der Waals surface area contributed by atoms with Crippen LogP contribution < -0.4 is 19.9 Å². The molecule has 2 aliphatic rings. The Morgan fingerprint density at radius 3 is 2.35 bits per heavy atom. The second-order valence-corrected chi connectivity index (χ2v) is 9.95. The van der Waals surface area contributed by atoms with Crippen LogP contribution in [0, 0.1) is 11.8 Å². The van der Waals surface area contributed by atoms with Crippen LogP contribution in [-0.2, 0) is 0 Å². The van der Waals surface area contributed by atoms with Gasteiger partial charge in [-0.15, -0.1) is 0 Å². The summed E-state index contributed by atoms with van der Waals surface area (Å²) in [5.74, 6) is 2.51. The molecule has 37 heavy (non-hydrogen) atoms. The summed E-state index contributed by atoms with van der Waals surface area (Å²) < 4.78 is 13.3. The first-order chi connectivity index (χ1) is 18.2. The number of hydrogen-bond acceptors (Lipinski definition) is 6. The average Bonchev–Trinajstić information content (AvgIpc) is 2.93. The number of allylic oxidation sites excluding steroid dienone is 2. The number of benzene rings is 2. The molecule has 3 aromatic rings. The number of rotatable bonds is 9. The van der Waals surface area contributed by atoms with E-state index in [4.69, 9.17) is 9.47 Å². The minimum atomic E-state index is -0.256. The van der Waals surface area contributed by atoms with E-state index in [-0.39, 0.29) is 12.2 Å². The molecule has 7 heteroatoms. The van der Waals surface area contributed by atoms with Crippen LogP contribution in [0.3, 0.4) is 0 Å². The second-order valence-electron chi connectivity index (χ2n) is 9.95. The van der Waals surface area contributed by atoms with Crippen LogP contribution in [0.15, 0.2) is 83.8 Å². The van der Waals surface area contributed by atoms with E-state index in [0.717, 1.165) is 50.1 Å². The van der Waals surface area contributed by atoms with Crippen LogP contribution >= 0.6 is 0 Å². The molecule has 0 bridgehead atoms. The summed E-state index contributed by atoms with van der Waals surface area (Å²) in [6, 6.07) is 19.1. The van der Waals surface area contributed by atoms with Crippen LogP contribution in [0.2, 0.25) is 0 Å². The van der Waals surface area contributed by atoms with Crippen molar-refractivity contribution < 1.29 is 9.47 Å². The number of para-hydroxylation sites is 2. The lowest BCUT2D eigenvalue weighted by Gasteiger charge is -2.38. The Balaban J connectivity index is 1.28. The molecule has 1 aliphatic heterocycles. The third-order valence-electron chi connectivity index (χ3n) is 7.13. The molecule has 5 rings (SSSR count). The van der Waals surface area contributed by atoms with E-state index in [0.29, 0.717) is 24.0 Å². The molecule has 2 unspecified atom stereocenters. The smallest absolute Gasteiger partial charge is 0.316 e. The Morgan fingerprint density at radius 2 is 1.62 bits per heavy atom. The summed E-state index contributed by atoms with van der Waals surface area (Å²) in [4.78, 5) is 18.3. The van der Waals surface area contributed by atoms with E-state index in [1.54, 1.807) is 6.20 Å². The highest BCUT2D eigenvalue weighted by atomic mass is 16.5. The number of ether oxygens (including phenoxy) is 2. The van der Waals surface area contributed by atoms with Gasteiger partial charge in [-0.2, -0.15) is 9.78 Å². The maximum Gasteiger partial charge on any atom is 0.316 e. The standard InChI is InChI=1S/C30H36N4O3/c1-24-9-8-10-25(21-24)23-32-15-17-33(18-16-32)28-22-31-34(26-11-4-2-5-12-26)30(35)29(28)37-20-19-36-27-13-6-3-7-14-27/h2-9,11-14,22,24-25H,10,15-21,23H2,1H3. The molecule has 0 N–H and O–H groups in total. The Labute approximate surface area is 218 Å². The van der Waals surface area contributed by atoms with Crippen molar-refractivity contribution >= 4 is 5.69 Å². The fraction of sp³-hybridized carbons (Fsp3) is 0.400. The predicted molar refractivity (Wildman–Crippen MR) is 147 cm³/mol. The molecule has 1 fully saturated rings. The summed E-state index contributed by atoms with van der Waals surface area (Å²) in [6.07, 6.45) is 8.89. The topological polar surface area (TPSA) is 59.8 Å². The molecule has 0 saturated carbocycles. The predicted octanol–water partition coefficient (Wildman–Crippen LogP) is 4.41. The summed E-state index contributed by atoms with van der Waals surface area (Å²) in [5.41, 5.74) is 1.21. The van der Waals surface area contributed by atoms with E-state index in [1.165, 1.54) is 17.5 Å². The summed E-state index contributed by atoms with van der Waals surface area (Å²) in [6.45, 7) is 7.66. The SMILES string of the molecule is CC1C=CCC(CN2CCN(c3cnn(-c4ccccc4)c(=O)c3OCCOc3ccccc3)CC2)C1. The van der Waals surface area contributed by atoms with Gasteiger partial charge in [-0.05, 0) is 48.9 Å². The molecule has 1 aromatic heterocycles. The van der Waals surface area contributed by atoms with Gasteiger partial charge in [0, 0.05) is 32.7 Å². The Morgan fingerprint density at radius 1 is 0.919 bits per heavy atom. The Kier molecular flexibility index (Phi) is 8.21. The van der Waals surface area contributed by atoms with E-state index in [9.17, 15) is 4.79 Å². The van der Waals surface area contributed by atoms with Gasteiger partial charge < -0.3 is 14.4 Å². The van der Waals surface area contributed by atoms with Gasteiger partial charge in [0.1, 0.15) is 24.7 Å². The van der Waals surface area contributed by atoms with Crippen LogP contribution in [-0.4, -0.2) is 60.6 Å². The number of nitrogens with zero attached hydrogens (tertiary/aromatic N) is 4. The van der Waals surface area contributed by atoms with Crippen molar-refractivity contribution in [2.45, 2.75) is 19.8 Å². The maximum atomic E-state index is 13.5. The summed E-state index contributed by atoms with van der Waals surface area (Å²) >= 11 is 0. The summed E-state index contributed by atoms with van der Waals surface area (Å²) in [5, 5.41) is 4.51. The Bertz CT molecular complexity index is 1220. The molecule has 0 radical (unpaired) electrons. The van der Waals surface area contributed by atoms with Gasteiger partial charge in [-0.3, -0.25) is 9.69 Å². The molecule has 1 saturated heterocycles.